The minimum atomic E-state index is -2.37. The van der Waals surface area contributed by atoms with Crippen LogP contribution in [-0.2, 0) is 31.2 Å². The number of aryl methyl sites for hydroxylation is 2. The first-order chi connectivity index (χ1) is 34.4. The molecule has 12 rings (SSSR count). The Hall–Kier alpha value is -7.33. The van der Waals surface area contributed by atoms with Crippen molar-refractivity contribution in [3.05, 3.63) is 226 Å². The molecule has 11 aromatic rings. The molecule has 1 atom stereocenters. The van der Waals surface area contributed by atoms with E-state index >= 15 is 0 Å². The molecule has 0 aliphatic heterocycles. The Morgan fingerprint density at radius 1 is 0.618 bits per heavy atom. The van der Waals surface area contributed by atoms with Crippen LogP contribution < -0.4 is 4.74 Å². The van der Waals surface area contributed by atoms with Gasteiger partial charge in [0, 0.05) is 15.9 Å². The Labute approximate surface area is 412 Å². The second-order valence-electron chi connectivity index (χ2n) is 18.6. The fourth-order valence-electron chi connectivity index (χ4n) is 10.1. The van der Waals surface area contributed by atoms with E-state index < -0.39 is 6.85 Å². The first kappa shape index (κ1) is 38.7. The predicted molar refractivity (Wildman–Crippen MR) is 273 cm³/mol. The Morgan fingerprint density at radius 2 is 1.21 bits per heavy atom. The normalized spacial score (nSPS) is 14.5. The molecular weight excluding hydrogens is 1010 g/mol. The number of para-hydroxylation sites is 3. The number of fused-ring (bicyclic) bond motifs is 5. The van der Waals surface area contributed by atoms with E-state index in [0.29, 0.717) is 22.9 Å². The zero-order valence-corrected chi connectivity index (χ0v) is 40.2. The number of hydrogen-bond donors (Lipinski definition) is 0. The molecule has 6 heteroatoms. The smallest absolute Gasteiger partial charge is 0.238 e. The van der Waals surface area contributed by atoms with Gasteiger partial charge in [0.2, 0.25) is 0 Å². The van der Waals surface area contributed by atoms with E-state index in [-0.39, 0.29) is 17.0 Å². The Bertz CT molecular complexity index is 3840. The van der Waals surface area contributed by atoms with Gasteiger partial charge in [-0.2, -0.15) is 0 Å². The third-order valence-electron chi connectivity index (χ3n) is 13.5. The summed E-state index contributed by atoms with van der Waals surface area (Å²) in [6.07, 6.45) is 3.50. The number of hydrogen-bond acceptors (Lipinski definition) is 2. The van der Waals surface area contributed by atoms with E-state index in [4.69, 9.17) is 13.8 Å². The van der Waals surface area contributed by atoms with Crippen LogP contribution in [0.15, 0.2) is 188 Å². The molecule has 334 valence electrons. The van der Waals surface area contributed by atoms with Gasteiger partial charge in [0.05, 0.1) is 0 Å². The third kappa shape index (κ3) is 7.20. The Balaban J connectivity index is 0.973. The molecule has 8 aromatic carbocycles. The molecule has 3 heterocycles. The van der Waals surface area contributed by atoms with Crippen molar-refractivity contribution >= 4 is 32.8 Å². The van der Waals surface area contributed by atoms with Crippen molar-refractivity contribution in [2.75, 3.05) is 0 Å². The fraction of sp³-hybridized carbons (Fsp3) is 0.129. The van der Waals surface area contributed by atoms with Crippen molar-refractivity contribution in [1.82, 2.24) is 18.7 Å². The second-order valence-corrected chi connectivity index (χ2v) is 19.7. The summed E-state index contributed by atoms with van der Waals surface area (Å²) in [6, 6.07) is 70.0. The third-order valence-corrected chi connectivity index (χ3v) is 14.5. The second kappa shape index (κ2) is 16.8. The average molecular weight is 1060 g/mol. The van der Waals surface area contributed by atoms with Crippen molar-refractivity contribution in [3.63, 3.8) is 0 Å². The number of nitrogens with zero attached hydrogens (tertiary/aromatic N) is 4. The van der Waals surface area contributed by atoms with Crippen LogP contribution in [0.1, 0.15) is 59.6 Å². The molecule has 0 amide bonds. The fourth-order valence-corrected chi connectivity index (χ4v) is 11.3. The summed E-state index contributed by atoms with van der Waals surface area (Å²) >= 11 is 2.56. The van der Waals surface area contributed by atoms with Gasteiger partial charge in [0.25, 0.3) is 0 Å². The minimum absolute atomic E-state index is 0.00672. The molecule has 0 saturated heterocycles. The molecule has 5 nitrogen and oxygen atoms in total. The maximum atomic E-state index is 8.55. The van der Waals surface area contributed by atoms with Gasteiger partial charge in [-0.05, 0) is 30.1 Å². The van der Waals surface area contributed by atoms with Crippen molar-refractivity contribution in [3.8, 4) is 56.4 Å². The molecule has 1 aliphatic carbocycles. The van der Waals surface area contributed by atoms with E-state index in [0.717, 1.165) is 66.3 Å². The van der Waals surface area contributed by atoms with Crippen LogP contribution in [0.25, 0.3) is 77.7 Å². The summed E-state index contributed by atoms with van der Waals surface area (Å²) < 4.78 is 40.5. The average Bonchev–Trinajstić information content (AvgIpc) is 4.04. The van der Waals surface area contributed by atoms with E-state index in [1.165, 1.54) is 33.4 Å². The number of benzene rings is 8. The number of aromatic nitrogens is 4. The number of rotatable bonds is 8. The van der Waals surface area contributed by atoms with Gasteiger partial charge in [-0.15, -0.1) is 0 Å². The molecule has 68 heavy (non-hydrogen) atoms. The molecule has 0 fully saturated rings. The van der Waals surface area contributed by atoms with Crippen molar-refractivity contribution in [2.24, 2.45) is 0 Å². The standard InChI is InChI=1S/C62H48N4O.Pt/c1-41-34-60(63-39-54(41)44-22-12-7-13-23-44)66-56-25-15-14-24-49(56)50-32-31-48(38-59(50)66)67-47-30-28-45-29-33-55(51(45)37-47)64-40-65(58-27-17-16-26-57(58)64)61-52(42-18-8-5-9-19-42)35-46(62(2,3)4)36-53(61)43-20-10-6-11-21-43;/h5-28,30-32,34-36,39,55H,29,33H2,1-4H3;/q-2;/i1D3;. The van der Waals surface area contributed by atoms with E-state index in [2.05, 4.69) is 171 Å². The molecule has 1 unspecified atom stereocenters. The molecule has 0 saturated carbocycles. The monoisotopic (exact) mass is 1060 g/mol. The first-order valence-electron chi connectivity index (χ1n) is 24.6. The quantitative estimate of drug-likeness (QED) is 0.142. The van der Waals surface area contributed by atoms with Crippen LogP contribution in [0.3, 0.4) is 0 Å². The van der Waals surface area contributed by atoms with Gasteiger partial charge in [-0.1, -0.05) is 48.5 Å². The summed E-state index contributed by atoms with van der Waals surface area (Å²) in [7, 11) is 0. The molecular formula is C62H48N4OPt-2. The number of imidazole rings is 1. The summed E-state index contributed by atoms with van der Waals surface area (Å²) in [5.41, 5.74) is 14.9. The maximum absolute atomic E-state index is 8.55. The summed E-state index contributed by atoms with van der Waals surface area (Å²) in [6.45, 7) is 4.50. The molecule has 0 spiro atoms. The van der Waals surface area contributed by atoms with Gasteiger partial charge in [-0.3, -0.25) is 0 Å². The molecule has 0 radical (unpaired) electrons. The molecule has 3 aromatic heterocycles. The van der Waals surface area contributed by atoms with Crippen LogP contribution in [0.2, 0.25) is 0 Å². The van der Waals surface area contributed by atoms with Gasteiger partial charge in [0.1, 0.15) is 0 Å². The zero-order valence-electron chi connectivity index (χ0n) is 40.9. The molecule has 1 aliphatic rings. The van der Waals surface area contributed by atoms with Crippen LogP contribution >= 0.6 is 0 Å². The molecule has 0 bridgehead atoms. The topological polar surface area (TPSA) is 36.9 Å². The predicted octanol–water partition coefficient (Wildman–Crippen LogP) is 15.5. The van der Waals surface area contributed by atoms with E-state index in [1.54, 1.807) is 12.3 Å². The minimum Gasteiger partial charge on any atom is -0.238 e. The van der Waals surface area contributed by atoms with Crippen LogP contribution in [-0.4, -0.2) is 18.7 Å². The van der Waals surface area contributed by atoms with E-state index in [9.17, 15) is 0 Å². The Kier molecular flexibility index (Phi) is 9.55. The number of ether oxygens (including phenoxy) is 1. The van der Waals surface area contributed by atoms with Gasteiger partial charge < -0.3 is 0 Å². The van der Waals surface area contributed by atoms with E-state index in [1.807, 2.05) is 71.3 Å². The summed E-state index contributed by atoms with van der Waals surface area (Å²) in [5.74, 6) is 1.60. The van der Waals surface area contributed by atoms with Crippen molar-refractivity contribution in [1.29, 1.82) is 0 Å². The zero-order chi connectivity index (χ0) is 48.6. The van der Waals surface area contributed by atoms with Gasteiger partial charge >= 0.3 is 315 Å². The SMILES string of the molecule is [2H]C([2H])([2H])c1cc(-n2c3[c-]c(Oc4[c-]c5c(cc4)CCC5n4[c](=[Pt])n(-c5c(-c6ccccc6)cc(C(C)(C)C)cc5-c5ccccc5)c5ccccc54)ccc3c3ccccc32)ncc1-c1ccccc1. The van der Waals surface area contributed by atoms with Gasteiger partial charge in [-0.25, -0.2) is 4.98 Å². The van der Waals surface area contributed by atoms with Crippen molar-refractivity contribution < 1.29 is 28.2 Å². The molecule has 0 N–H and O–H groups in total. The van der Waals surface area contributed by atoms with Gasteiger partial charge in [0.15, 0.2) is 0 Å². The summed E-state index contributed by atoms with van der Waals surface area (Å²) in [4.78, 5) is 4.91. The Morgan fingerprint density at radius 3 is 1.87 bits per heavy atom. The van der Waals surface area contributed by atoms with Crippen molar-refractivity contribution in [2.45, 2.75) is 51.9 Å². The number of pyridine rings is 1. The first-order valence-corrected chi connectivity index (χ1v) is 24.3. The van der Waals surface area contributed by atoms with Crippen LogP contribution in [0, 0.1) is 22.8 Å². The van der Waals surface area contributed by atoms with Crippen LogP contribution in [0.5, 0.6) is 11.5 Å². The summed E-state index contributed by atoms with van der Waals surface area (Å²) in [5, 5.41) is 1.96. The van der Waals surface area contributed by atoms with Crippen LogP contribution in [0.4, 0.5) is 0 Å².